The average Bonchev–Trinajstić information content (AvgIpc) is 2.19. The molecule has 76 valence electrons. The molecule has 0 aliphatic carbocycles. The molecule has 1 N–H and O–H groups in total. The van der Waals surface area contributed by atoms with Crippen molar-refractivity contribution in [1.29, 1.82) is 5.41 Å². The van der Waals surface area contributed by atoms with Crippen LogP contribution in [0.4, 0.5) is 0 Å². The summed E-state index contributed by atoms with van der Waals surface area (Å²) in [5, 5.41) is 7.17. The first-order valence-electron chi connectivity index (χ1n) is 3.93. The van der Waals surface area contributed by atoms with Gasteiger partial charge in [0, 0.05) is 5.56 Å². The number of nitrogens with one attached hydrogen (secondary N) is 1. The van der Waals surface area contributed by atoms with Crippen LogP contribution < -0.4 is 0 Å². The Hall–Kier alpha value is -1.35. The van der Waals surface area contributed by atoms with Gasteiger partial charge in [0.1, 0.15) is 0 Å². The third-order valence-electron chi connectivity index (χ3n) is 1.66. The van der Waals surface area contributed by atoms with Crippen LogP contribution >= 0.6 is 12.4 Å². The van der Waals surface area contributed by atoms with Gasteiger partial charge < -0.3 is 4.74 Å². The van der Waals surface area contributed by atoms with E-state index in [1.54, 1.807) is 24.3 Å². The molecule has 0 saturated carbocycles. The Kier molecular flexibility index (Phi) is 5.56. The minimum Gasteiger partial charge on any atom is -0.484 e. The van der Waals surface area contributed by atoms with Gasteiger partial charge in [0.15, 0.2) is 11.7 Å². The standard InChI is InChI=1S/C10H11NO2.ClH/c1-13-10(11)7-9(12)8-5-3-2-4-6-8;/h2-6,11H,7H2,1H3;1H. The smallest absolute Gasteiger partial charge is 0.188 e. The van der Waals surface area contributed by atoms with E-state index >= 15 is 0 Å². The quantitative estimate of drug-likeness (QED) is 0.476. The van der Waals surface area contributed by atoms with Gasteiger partial charge in [-0.15, -0.1) is 12.4 Å². The molecule has 0 heterocycles. The van der Waals surface area contributed by atoms with Crippen molar-refractivity contribution in [3.05, 3.63) is 35.9 Å². The summed E-state index contributed by atoms with van der Waals surface area (Å²) in [4.78, 5) is 11.4. The molecular formula is C10H12ClNO2. The van der Waals surface area contributed by atoms with Crippen LogP contribution in [0.15, 0.2) is 30.3 Å². The summed E-state index contributed by atoms with van der Waals surface area (Å²) in [6, 6.07) is 8.89. The number of ether oxygens (including phenoxy) is 1. The zero-order valence-corrected chi connectivity index (χ0v) is 8.64. The summed E-state index contributed by atoms with van der Waals surface area (Å²) in [7, 11) is 1.39. The number of hydrogen-bond donors (Lipinski definition) is 1. The molecule has 0 spiro atoms. The molecule has 0 aromatic heterocycles. The highest BCUT2D eigenvalue weighted by Crippen LogP contribution is 2.03. The van der Waals surface area contributed by atoms with E-state index in [2.05, 4.69) is 4.74 Å². The number of carbonyl (C=O) groups excluding carboxylic acids is 1. The molecule has 14 heavy (non-hydrogen) atoms. The van der Waals surface area contributed by atoms with E-state index in [1.165, 1.54) is 7.11 Å². The Morgan fingerprint density at radius 2 is 1.93 bits per heavy atom. The lowest BCUT2D eigenvalue weighted by molar-refractivity contribution is 0.0994. The van der Waals surface area contributed by atoms with E-state index in [-0.39, 0.29) is 30.5 Å². The maximum atomic E-state index is 11.4. The van der Waals surface area contributed by atoms with Crippen molar-refractivity contribution in [2.24, 2.45) is 0 Å². The highest BCUT2D eigenvalue weighted by atomic mass is 35.5. The van der Waals surface area contributed by atoms with Crippen LogP contribution in [0.3, 0.4) is 0 Å². The molecule has 3 nitrogen and oxygen atoms in total. The maximum Gasteiger partial charge on any atom is 0.188 e. The first-order chi connectivity index (χ1) is 6.24. The van der Waals surface area contributed by atoms with Crippen LogP contribution in [0.2, 0.25) is 0 Å². The van der Waals surface area contributed by atoms with Crippen LogP contribution in [-0.2, 0) is 4.74 Å². The molecule has 0 amide bonds. The maximum absolute atomic E-state index is 11.4. The first-order valence-corrected chi connectivity index (χ1v) is 3.93. The Morgan fingerprint density at radius 1 is 1.36 bits per heavy atom. The summed E-state index contributed by atoms with van der Waals surface area (Å²) in [5.74, 6) is -0.0960. The van der Waals surface area contributed by atoms with E-state index in [9.17, 15) is 4.79 Å². The third kappa shape index (κ3) is 3.58. The van der Waals surface area contributed by atoms with Gasteiger partial charge in [-0.05, 0) is 0 Å². The topological polar surface area (TPSA) is 50.1 Å². The largest absolute Gasteiger partial charge is 0.484 e. The normalized spacial score (nSPS) is 8.64. The number of carbonyl (C=O) groups is 1. The number of ketones is 1. The molecule has 0 aliphatic rings. The van der Waals surface area contributed by atoms with Crippen molar-refractivity contribution in [2.45, 2.75) is 6.42 Å². The second-order valence-corrected chi connectivity index (χ2v) is 2.59. The highest BCUT2D eigenvalue weighted by Gasteiger charge is 2.07. The zero-order chi connectivity index (χ0) is 9.68. The van der Waals surface area contributed by atoms with Gasteiger partial charge in [0.25, 0.3) is 0 Å². The Balaban J connectivity index is 0.00000169. The number of rotatable bonds is 3. The van der Waals surface area contributed by atoms with Crippen LogP contribution in [0.1, 0.15) is 16.8 Å². The minimum absolute atomic E-state index is 0. The zero-order valence-electron chi connectivity index (χ0n) is 7.82. The first kappa shape index (κ1) is 12.7. The van der Waals surface area contributed by atoms with Crippen molar-refractivity contribution < 1.29 is 9.53 Å². The molecule has 4 heteroatoms. The van der Waals surface area contributed by atoms with Gasteiger partial charge in [-0.25, -0.2) is 0 Å². The second kappa shape index (κ2) is 6.16. The van der Waals surface area contributed by atoms with Crippen LogP contribution in [0.25, 0.3) is 0 Å². The average molecular weight is 214 g/mol. The van der Waals surface area contributed by atoms with Crippen molar-refractivity contribution in [1.82, 2.24) is 0 Å². The van der Waals surface area contributed by atoms with Gasteiger partial charge in [0.05, 0.1) is 13.5 Å². The lowest BCUT2D eigenvalue weighted by Gasteiger charge is -2.00. The molecule has 0 aliphatic heterocycles. The van der Waals surface area contributed by atoms with Crippen molar-refractivity contribution in [3.8, 4) is 0 Å². The van der Waals surface area contributed by atoms with E-state index in [4.69, 9.17) is 5.41 Å². The molecule has 0 bridgehead atoms. The number of Topliss-reactive ketones (excluding diaryl/α,β-unsaturated/α-hetero) is 1. The Bertz CT molecular complexity index is 311. The minimum atomic E-state index is -0.0903. The summed E-state index contributed by atoms with van der Waals surface area (Å²) in [6.07, 6.45) is 0.0283. The third-order valence-corrected chi connectivity index (χ3v) is 1.66. The van der Waals surface area contributed by atoms with Crippen molar-refractivity contribution >= 4 is 24.1 Å². The summed E-state index contributed by atoms with van der Waals surface area (Å²) in [6.45, 7) is 0. The van der Waals surface area contributed by atoms with Crippen molar-refractivity contribution in [3.63, 3.8) is 0 Å². The molecule has 0 radical (unpaired) electrons. The van der Waals surface area contributed by atoms with Gasteiger partial charge in [-0.2, -0.15) is 0 Å². The molecule has 0 saturated heterocycles. The van der Waals surface area contributed by atoms with Crippen LogP contribution in [0, 0.1) is 5.41 Å². The lowest BCUT2D eigenvalue weighted by Crippen LogP contribution is -2.08. The Labute approximate surface area is 89.0 Å². The van der Waals surface area contributed by atoms with Gasteiger partial charge in [-0.1, -0.05) is 30.3 Å². The fraction of sp³-hybridized carbons (Fsp3) is 0.200. The number of hydrogen-bond acceptors (Lipinski definition) is 3. The van der Waals surface area contributed by atoms with Crippen LogP contribution in [-0.4, -0.2) is 18.8 Å². The van der Waals surface area contributed by atoms with E-state index in [1.807, 2.05) is 6.07 Å². The molecule has 0 atom stereocenters. The fourth-order valence-electron chi connectivity index (χ4n) is 0.944. The monoisotopic (exact) mass is 213 g/mol. The summed E-state index contributed by atoms with van der Waals surface area (Å²) in [5.41, 5.74) is 0.615. The predicted molar refractivity (Wildman–Crippen MR) is 57.4 cm³/mol. The van der Waals surface area contributed by atoms with Crippen molar-refractivity contribution in [2.75, 3.05) is 7.11 Å². The van der Waals surface area contributed by atoms with Gasteiger partial charge in [0.2, 0.25) is 0 Å². The molecule has 1 rings (SSSR count). The van der Waals surface area contributed by atoms with Gasteiger partial charge >= 0.3 is 0 Å². The van der Waals surface area contributed by atoms with E-state index < -0.39 is 0 Å². The van der Waals surface area contributed by atoms with E-state index in [0.717, 1.165) is 0 Å². The molecule has 1 aromatic carbocycles. The summed E-state index contributed by atoms with van der Waals surface area (Å²) >= 11 is 0. The summed E-state index contributed by atoms with van der Waals surface area (Å²) < 4.78 is 4.60. The molecule has 1 aromatic rings. The number of halogens is 1. The molecular weight excluding hydrogens is 202 g/mol. The number of benzene rings is 1. The molecule has 0 unspecified atom stereocenters. The SMILES string of the molecule is COC(=N)CC(=O)c1ccccc1.Cl. The second-order valence-electron chi connectivity index (χ2n) is 2.59. The predicted octanol–water partition coefficient (Wildman–Crippen LogP) is 2.30. The van der Waals surface area contributed by atoms with E-state index in [0.29, 0.717) is 5.56 Å². The fourth-order valence-corrected chi connectivity index (χ4v) is 0.944. The lowest BCUT2D eigenvalue weighted by atomic mass is 10.1. The molecule has 0 fully saturated rings. The van der Waals surface area contributed by atoms with Crippen LogP contribution in [0.5, 0.6) is 0 Å². The number of methoxy groups -OCH3 is 1. The van der Waals surface area contributed by atoms with Gasteiger partial charge in [-0.3, -0.25) is 10.2 Å². The highest BCUT2D eigenvalue weighted by molar-refractivity contribution is 6.06. The Morgan fingerprint density at radius 3 is 2.43 bits per heavy atom.